The third-order valence-corrected chi connectivity index (χ3v) is 3.45. The molecule has 1 aromatic heterocycles. The SMILES string of the molecule is OC(CCc1cccnc1)COc1ccc2c(c1)OCCO2. The smallest absolute Gasteiger partial charge is 0.165 e. The van der Waals surface area contributed by atoms with Gasteiger partial charge in [0.1, 0.15) is 25.6 Å². The Balaban J connectivity index is 1.47. The summed E-state index contributed by atoms with van der Waals surface area (Å²) in [6.45, 7) is 1.37. The number of fused-ring (bicyclic) bond motifs is 1. The summed E-state index contributed by atoms with van der Waals surface area (Å²) in [6.07, 6.45) is 4.45. The van der Waals surface area contributed by atoms with Crippen LogP contribution in [-0.4, -0.2) is 36.0 Å². The summed E-state index contributed by atoms with van der Waals surface area (Å²) in [5.74, 6) is 2.09. The highest BCUT2D eigenvalue weighted by molar-refractivity contribution is 5.46. The number of rotatable bonds is 6. The molecule has 0 aliphatic carbocycles. The zero-order valence-electron chi connectivity index (χ0n) is 12.3. The van der Waals surface area contributed by atoms with Crippen LogP contribution in [0.3, 0.4) is 0 Å². The average molecular weight is 301 g/mol. The van der Waals surface area contributed by atoms with E-state index in [-0.39, 0.29) is 6.61 Å². The first-order chi connectivity index (χ1) is 10.8. The zero-order chi connectivity index (χ0) is 15.2. The van der Waals surface area contributed by atoms with Crippen molar-refractivity contribution in [2.75, 3.05) is 19.8 Å². The van der Waals surface area contributed by atoms with Crippen LogP contribution in [-0.2, 0) is 6.42 Å². The van der Waals surface area contributed by atoms with Gasteiger partial charge in [-0.15, -0.1) is 0 Å². The Morgan fingerprint density at radius 1 is 1.18 bits per heavy atom. The monoisotopic (exact) mass is 301 g/mol. The normalized spacial score (nSPS) is 14.4. The third-order valence-electron chi connectivity index (χ3n) is 3.45. The molecule has 0 fully saturated rings. The van der Waals surface area contributed by atoms with Crippen molar-refractivity contribution >= 4 is 0 Å². The number of hydrogen-bond donors (Lipinski definition) is 1. The molecule has 0 saturated carbocycles. The molecular weight excluding hydrogens is 282 g/mol. The highest BCUT2D eigenvalue weighted by Crippen LogP contribution is 2.33. The number of aromatic nitrogens is 1. The van der Waals surface area contributed by atoms with Gasteiger partial charge in [0.15, 0.2) is 11.5 Å². The highest BCUT2D eigenvalue weighted by Gasteiger charge is 2.13. The molecule has 1 aromatic carbocycles. The summed E-state index contributed by atoms with van der Waals surface area (Å²) in [7, 11) is 0. The number of benzene rings is 1. The van der Waals surface area contributed by atoms with Crippen molar-refractivity contribution in [2.45, 2.75) is 18.9 Å². The van der Waals surface area contributed by atoms with E-state index in [4.69, 9.17) is 14.2 Å². The lowest BCUT2D eigenvalue weighted by molar-refractivity contribution is 0.0996. The molecule has 0 spiro atoms. The first-order valence-corrected chi connectivity index (χ1v) is 7.41. The van der Waals surface area contributed by atoms with E-state index in [0.29, 0.717) is 31.1 Å². The third kappa shape index (κ3) is 3.89. The van der Waals surface area contributed by atoms with Crippen LogP contribution in [0.4, 0.5) is 0 Å². The second-order valence-corrected chi connectivity index (χ2v) is 5.17. The Labute approximate surface area is 129 Å². The van der Waals surface area contributed by atoms with E-state index in [1.165, 1.54) is 0 Å². The molecule has 116 valence electrons. The molecule has 0 radical (unpaired) electrons. The van der Waals surface area contributed by atoms with Crippen LogP contribution in [0.25, 0.3) is 0 Å². The molecule has 0 bridgehead atoms. The lowest BCUT2D eigenvalue weighted by atomic mass is 10.1. The fourth-order valence-corrected chi connectivity index (χ4v) is 2.27. The van der Waals surface area contributed by atoms with Gasteiger partial charge < -0.3 is 19.3 Å². The van der Waals surface area contributed by atoms with Crippen molar-refractivity contribution in [1.82, 2.24) is 4.98 Å². The van der Waals surface area contributed by atoms with Crippen LogP contribution in [0.2, 0.25) is 0 Å². The number of ether oxygens (including phenoxy) is 3. The van der Waals surface area contributed by atoms with Gasteiger partial charge >= 0.3 is 0 Å². The number of nitrogens with zero attached hydrogens (tertiary/aromatic N) is 1. The van der Waals surface area contributed by atoms with E-state index in [0.717, 1.165) is 17.7 Å². The molecule has 1 unspecified atom stereocenters. The Bertz CT molecular complexity index is 603. The predicted octanol–water partition coefficient (Wildman–Crippen LogP) is 2.23. The lowest BCUT2D eigenvalue weighted by Crippen LogP contribution is -2.19. The van der Waals surface area contributed by atoms with E-state index in [9.17, 15) is 5.11 Å². The second kappa shape index (κ2) is 7.13. The van der Waals surface area contributed by atoms with Gasteiger partial charge in [-0.1, -0.05) is 6.07 Å². The summed E-state index contributed by atoms with van der Waals surface area (Å²) in [4.78, 5) is 4.06. The number of hydrogen-bond acceptors (Lipinski definition) is 5. The maximum atomic E-state index is 10.0. The van der Waals surface area contributed by atoms with Gasteiger partial charge in [-0.3, -0.25) is 4.98 Å². The van der Waals surface area contributed by atoms with Crippen molar-refractivity contribution in [3.05, 3.63) is 48.3 Å². The lowest BCUT2D eigenvalue weighted by Gasteiger charge is -2.19. The highest BCUT2D eigenvalue weighted by atomic mass is 16.6. The number of aliphatic hydroxyl groups excluding tert-OH is 1. The molecule has 5 nitrogen and oxygen atoms in total. The van der Waals surface area contributed by atoms with Gasteiger partial charge in [-0.05, 0) is 36.6 Å². The first-order valence-electron chi connectivity index (χ1n) is 7.41. The Morgan fingerprint density at radius 3 is 2.86 bits per heavy atom. The van der Waals surface area contributed by atoms with Crippen molar-refractivity contribution in [2.24, 2.45) is 0 Å². The molecule has 1 atom stereocenters. The minimum absolute atomic E-state index is 0.250. The maximum absolute atomic E-state index is 10.0. The largest absolute Gasteiger partial charge is 0.491 e. The number of aryl methyl sites for hydroxylation is 1. The standard InChI is InChI=1S/C17H19NO4/c19-14(4-3-13-2-1-7-18-11-13)12-22-15-5-6-16-17(10-15)21-9-8-20-16/h1-2,5-7,10-11,14,19H,3-4,8-9,12H2. The molecule has 3 rings (SSSR count). The molecule has 2 aromatic rings. The quantitative estimate of drug-likeness (QED) is 0.886. The summed E-state index contributed by atoms with van der Waals surface area (Å²) < 4.78 is 16.6. The minimum Gasteiger partial charge on any atom is -0.491 e. The van der Waals surface area contributed by atoms with Crippen molar-refractivity contribution in [3.63, 3.8) is 0 Å². The molecule has 5 heteroatoms. The predicted molar refractivity (Wildman–Crippen MR) is 81.5 cm³/mol. The molecule has 1 aliphatic rings. The Kier molecular flexibility index (Phi) is 4.75. The minimum atomic E-state index is -0.520. The summed E-state index contributed by atoms with van der Waals surface area (Å²) in [5, 5.41) is 10.0. The van der Waals surface area contributed by atoms with Crippen LogP contribution in [0.5, 0.6) is 17.2 Å². The maximum Gasteiger partial charge on any atom is 0.165 e. The molecular formula is C17H19NO4. The van der Waals surface area contributed by atoms with Gasteiger partial charge in [-0.25, -0.2) is 0 Å². The van der Waals surface area contributed by atoms with Crippen LogP contribution in [0, 0.1) is 0 Å². The zero-order valence-corrected chi connectivity index (χ0v) is 12.3. The fraction of sp³-hybridized carbons (Fsp3) is 0.353. The average Bonchev–Trinajstić information content (AvgIpc) is 2.59. The summed E-state index contributed by atoms with van der Waals surface area (Å²) in [5.41, 5.74) is 1.11. The fourth-order valence-electron chi connectivity index (χ4n) is 2.27. The van der Waals surface area contributed by atoms with Crippen molar-refractivity contribution in [3.8, 4) is 17.2 Å². The van der Waals surface area contributed by atoms with Crippen LogP contribution < -0.4 is 14.2 Å². The van der Waals surface area contributed by atoms with Crippen molar-refractivity contribution in [1.29, 1.82) is 0 Å². The summed E-state index contributed by atoms with van der Waals surface area (Å²) in [6, 6.07) is 9.34. The first kappa shape index (κ1) is 14.7. The van der Waals surface area contributed by atoms with Crippen LogP contribution >= 0.6 is 0 Å². The Morgan fingerprint density at radius 2 is 2.05 bits per heavy atom. The summed E-state index contributed by atoms with van der Waals surface area (Å²) >= 11 is 0. The van der Waals surface area contributed by atoms with E-state index in [1.54, 1.807) is 12.3 Å². The van der Waals surface area contributed by atoms with Crippen LogP contribution in [0.1, 0.15) is 12.0 Å². The van der Waals surface area contributed by atoms with Crippen molar-refractivity contribution < 1.29 is 19.3 Å². The van der Waals surface area contributed by atoms with E-state index in [2.05, 4.69) is 4.98 Å². The van der Waals surface area contributed by atoms with Gasteiger partial charge in [-0.2, -0.15) is 0 Å². The van der Waals surface area contributed by atoms with E-state index in [1.807, 2.05) is 30.5 Å². The molecule has 22 heavy (non-hydrogen) atoms. The number of aliphatic hydroxyl groups is 1. The second-order valence-electron chi connectivity index (χ2n) is 5.17. The molecule has 1 N–H and O–H groups in total. The van der Waals surface area contributed by atoms with Gasteiger partial charge in [0.2, 0.25) is 0 Å². The Hall–Kier alpha value is -2.27. The van der Waals surface area contributed by atoms with Gasteiger partial charge in [0, 0.05) is 18.5 Å². The van der Waals surface area contributed by atoms with E-state index >= 15 is 0 Å². The van der Waals surface area contributed by atoms with Crippen LogP contribution in [0.15, 0.2) is 42.7 Å². The van der Waals surface area contributed by atoms with E-state index < -0.39 is 6.10 Å². The molecule has 1 aliphatic heterocycles. The molecule has 0 amide bonds. The number of pyridine rings is 1. The molecule has 2 heterocycles. The van der Waals surface area contributed by atoms with Gasteiger partial charge in [0.25, 0.3) is 0 Å². The van der Waals surface area contributed by atoms with Gasteiger partial charge in [0.05, 0.1) is 6.10 Å². The topological polar surface area (TPSA) is 60.8 Å². The molecule has 0 saturated heterocycles.